The largest absolute Gasteiger partial charge is 0.366 e. The van der Waals surface area contributed by atoms with Crippen LogP contribution >= 0.6 is 0 Å². The molecular weight excluding hydrogens is 378 g/mol. The Morgan fingerprint density at radius 3 is 2.04 bits per heavy atom. The van der Waals surface area contributed by atoms with E-state index in [-0.39, 0.29) is 21.7 Å². The van der Waals surface area contributed by atoms with Crippen LogP contribution in [0.25, 0.3) is 0 Å². The average Bonchev–Trinajstić information content (AvgIpc) is 2.69. The molecule has 142 valence electrons. The summed E-state index contributed by atoms with van der Waals surface area (Å²) >= 11 is 0. The molecule has 0 atom stereocenters. The van der Waals surface area contributed by atoms with E-state index in [1.807, 2.05) is 0 Å². The number of hydrogen-bond acceptors (Lipinski definition) is 4. The fourth-order valence-electron chi connectivity index (χ4n) is 2.51. The van der Waals surface area contributed by atoms with Crippen molar-refractivity contribution < 1.29 is 18.0 Å². The number of amides is 2. The summed E-state index contributed by atoms with van der Waals surface area (Å²) in [7, 11) is -3.78. The smallest absolute Gasteiger partial charge is 0.261 e. The lowest BCUT2D eigenvalue weighted by Gasteiger charge is -2.10. The number of hydrogen-bond donors (Lipinski definition) is 3. The highest BCUT2D eigenvalue weighted by atomic mass is 32.2. The number of carbonyl (C=O) groups excluding carboxylic acids is 2. The zero-order valence-electron chi connectivity index (χ0n) is 14.6. The Kier molecular flexibility index (Phi) is 5.42. The van der Waals surface area contributed by atoms with E-state index in [1.165, 1.54) is 30.3 Å². The Labute approximate surface area is 162 Å². The quantitative estimate of drug-likeness (QED) is 0.595. The normalized spacial score (nSPS) is 10.9. The van der Waals surface area contributed by atoms with Gasteiger partial charge in [-0.05, 0) is 48.5 Å². The van der Waals surface area contributed by atoms with E-state index in [0.29, 0.717) is 5.69 Å². The van der Waals surface area contributed by atoms with Crippen LogP contribution in [0, 0.1) is 0 Å². The molecule has 4 N–H and O–H groups in total. The van der Waals surface area contributed by atoms with Crippen LogP contribution < -0.4 is 15.8 Å². The molecule has 2 amide bonds. The van der Waals surface area contributed by atoms with Gasteiger partial charge in [0.25, 0.3) is 21.8 Å². The minimum Gasteiger partial charge on any atom is -0.366 e. The zero-order valence-corrected chi connectivity index (χ0v) is 15.4. The Bertz CT molecular complexity index is 1110. The average molecular weight is 395 g/mol. The molecule has 0 unspecified atom stereocenters. The minimum absolute atomic E-state index is 0.0189. The lowest BCUT2D eigenvalue weighted by atomic mass is 10.1. The summed E-state index contributed by atoms with van der Waals surface area (Å²) in [6.07, 6.45) is 0. The molecule has 0 radical (unpaired) electrons. The van der Waals surface area contributed by atoms with E-state index >= 15 is 0 Å². The van der Waals surface area contributed by atoms with Gasteiger partial charge in [0.15, 0.2) is 0 Å². The topological polar surface area (TPSA) is 118 Å². The molecule has 8 heteroatoms. The van der Waals surface area contributed by atoms with Crippen LogP contribution in [0.1, 0.15) is 20.7 Å². The number of sulfonamides is 1. The van der Waals surface area contributed by atoms with E-state index in [2.05, 4.69) is 10.0 Å². The Morgan fingerprint density at radius 2 is 1.39 bits per heavy atom. The highest BCUT2D eigenvalue weighted by Crippen LogP contribution is 2.18. The molecule has 7 nitrogen and oxygen atoms in total. The van der Waals surface area contributed by atoms with Gasteiger partial charge in [0.2, 0.25) is 0 Å². The van der Waals surface area contributed by atoms with Gasteiger partial charge in [-0.15, -0.1) is 0 Å². The van der Waals surface area contributed by atoms with E-state index in [9.17, 15) is 18.0 Å². The zero-order chi connectivity index (χ0) is 20.1. The second-order valence-electron chi connectivity index (χ2n) is 5.86. The molecule has 0 saturated carbocycles. The van der Waals surface area contributed by atoms with E-state index in [4.69, 9.17) is 5.73 Å². The van der Waals surface area contributed by atoms with E-state index < -0.39 is 21.8 Å². The van der Waals surface area contributed by atoms with E-state index in [0.717, 1.165) is 0 Å². The number of carbonyl (C=O) groups is 2. The first kappa shape index (κ1) is 19.1. The molecule has 3 aromatic rings. The molecule has 0 bridgehead atoms. The van der Waals surface area contributed by atoms with Gasteiger partial charge in [-0.1, -0.05) is 30.3 Å². The first-order chi connectivity index (χ1) is 13.4. The molecule has 0 aromatic heterocycles. The number of para-hydroxylation sites is 2. The summed E-state index contributed by atoms with van der Waals surface area (Å²) in [5.41, 5.74) is 6.43. The van der Waals surface area contributed by atoms with Crippen LogP contribution in [0.3, 0.4) is 0 Å². The van der Waals surface area contributed by atoms with Gasteiger partial charge < -0.3 is 11.1 Å². The molecule has 0 saturated heterocycles. The fourth-order valence-corrected chi connectivity index (χ4v) is 3.57. The van der Waals surface area contributed by atoms with Gasteiger partial charge in [0, 0.05) is 11.3 Å². The molecule has 0 aliphatic carbocycles. The number of anilines is 2. The van der Waals surface area contributed by atoms with Crippen molar-refractivity contribution in [3.63, 3.8) is 0 Å². The molecule has 28 heavy (non-hydrogen) atoms. The number of nitrogens with one attached hydrogen (secondary N) is 2. The van der Waals surface area contributed by atoms with Crippen LogP contribution in [0.5, 0.6) is 0 Å². The summed E-state index contributed by atoms with van der Waals surface area (Å²) in [5.74, 6) is -1.15. The van der Waals surface area contributed by atoms with Crippen LogP contribution in [-0.2, 0) is 10.0 Å². The predicted molar refractivity (Wildman–Crippen MR) is 107 cm³/mol. The Hall–Kier alpha value is -3.65. The maximum Gasteiger partial charge on any atom is 0.261 e. The number of nitrogens with two attached hydrogens (primary N) is 1. The van der Waals surface area contributed by atoms with Gasteiger partial charge in [-0.3, -0.25) is 14.3 Å². The fraction of sp³-hybridized carbons (Fsp3) is 0. The molecule has 0 heterocycles. The third kappa shape index (κ3) is 4.36. The minimum atomic E-state index is -3.78. The summed E-state index contributed by atoms with van der Waals surface area (Å²) < 4.78 is 27.3. The standard InChI is InChI=1S/C20H17N3O4S/c21-19(24)17-8-4-5-9-18(17)22-20(25)14-10-12-16(13-11-14)28(26,27)23-15-6-2-1-3-7-15/h1-13,23H,(H2,21,24)(H,22,25). The first-order valence-electron chi connectivity index (χ1n) is 8.25. The lowest BCUT2D eigenvalue weighted by molar-refractivity contribution is 0.100. The van der Waals surface area contributed by atoms with Crippen LogP contribution in [0.4, 0.5) is 11.4 Å². The number of rotatable bonds is 6. The maximum absolute atomic E-state index is 12.4. The van der Waals surface area contributed by atoms with E-state index in [1.54, 1.807) is 48.5 Å². The Balaban J connectivity index is 1.77. The summed E-state index contributed by atoms with van der Waals surface area (Å²) in [6, 6.07) is 20.3. The second kappa shape index (κ2) is 7.93. The molecule has 0 fully saturated rings. The number of primary amides is 1. The molecule has 0 aliphatic heterocycles. The summed E-state index contributed by atoms with van der Waals surface area (Å²) in [6.45, 7) is 0. The van der Waals surface area contributed by atoms with Gasteiger partial charge >= 0.3 is 0 Å². The van der Waals surface area contributed by atoms with Crippen LogP contribution in [0.15, 0.2) is 83.8 Å². The highest BCUT2D eigenvalue weighted by molar-refractivity contribution is 7.92. The molecule has 3 aromatic carbocycles. The molecule has 3 rings (SSSR count). The van der Waals surface area contributed by atoms with Crippen molar-refractivity contribution >= 4 is 33.2 Å². The van der Waals surface area contributed by atoms with Crippen molar-refractivity contribution in [3.05, 3.63) is 90.0 Å². The Morgan fingerprint density at radius 1 is 0.786 bits per heavy atom. The summed E-state index contributed by atoms with van der Waals surface area (Å²) in [5, 5.41) is 2.60. The molecular formula is C20H17N3O4S. The lowest BCUT2D eigenvalue weighted by Crippen LogP contribution is -2.18. The predicted octanol–water partition coefficient (Wildman–Crippen LogP) is 2.84. The van der Waals surface area contributed by atoms with Crippen molar-refractivity contribution in [3.8, 4) is 0 Å². The van der Waals surface area contributed by atoms with Crippen molar-refractivity contribution in [1.82, 2.24) is 0 Å². The third-order valence-corrected chi connectivity index (χ3v) is 5.29. The first-order valence-corrected chi connectivity index (χ1v) is 9.73. The SMILES string of the molecule is NC(=O)c1ccccc1NC(=O)c1ccc(S(=O)(=O)Nc2ccccc2)cc1. The highest BCUT2D eigenvalue weighted by Gasteiger charge is 2.16. The van der Waals surface area contributed by atoms with Gasteiger partial charge in [-0.2, -0.15) is 0 Å². The molecule has 0 aliphatic rings. The van der Waals surface area contributed by atoms with Gasteiger partial charge in [-0.25, -0.2) is 8.42 Å². The maximum atomic E-state index is 12.4. The summed E-state index contributed by atoms with van der Waals surface area (Å²) in [4.78, 5) is 23.9. The van der Waals surface area contributed by atoms with Crippen LogP contribution in [-0.4, -0.2) is 20.2 Å². The van der Waals surface area contributed by atoms with Gasteiger partial charge in [0.1, 0.15) is 0 Å². The monoisotopic (exact) mass is 395 g/mol. The molecule has 0 spiro atoms. The van der Waals surface area contributed by atoms with Crippen molar-refractivity contribution in [2.45, 2.75) is 4.90 Å². The van der Waals surface area contributed by atoms with Crippen LogP contribution in [0.2, 0.25) is 0 Å². The van der Waals surface area contributed by atoms with Gasteiger partial charge in [0.05, 0.1) is 16.1 Å². The number of benzene rings is 3. The second-order valence-corrected chi connectivity index (χ2v) is 7.54. The van der Waals surface area contributed by atoms with Crippen molar-refractivity contribution in [1.29, 1.82) is 0 Å². The van der Waals surface area contributed by atoms with Crippen molar-refractivity contribution in [2.24, 2.45) is 5.73 Å². The van der Waals surface area contributed by atoms with Crippen molar-refractivity contribution in [2.75, 3.05) is 10.0 Å². The third-order valence-electron chi connectivity index (χ3n) is 3.89.